The Kier molecular flexibility index (Phi) is 6.12. The van der Waals surface area contributed by atoms with Crippen molar-refractivity contribution in [2.45, 2.75) is 4.90 Å². The lowest BCUT2D eigenvalue weighted by Gasteiger charge is -2.13. The average molecular weight is 356 g/mol. The number of nitrogens with one attached hydrogen (secondary N) is 1. The fourth-order valence-electron chi connectivity index (χ4n) is 1.85. The molecule has 0 atom stereocenters. The van der Waals surface area contributed by atoms with Crippen molar-refractivity contribution in [1.82, 2.24) is 0 Å². The third-order valence-corrected chi connectivity index (χ3v) is 4.29. The molecule has 0 saturated carbocycles. The highest BCUT2D eigenvalue weighted by Gasteiger charge is 2.13. The second-order valence-corrected chi connectivity index (χ2v) is 5.88. The van der Waals surface area contributed by atoms with Crippen LogP contribution in [0.15, 0.2) is 41.3 Å². The van der Waals surface area contributed by atoms with Gasteiger partial charge in [0, 0.05) is 17.0 Å². The quantitative estimate of drug-likeness (QED) is 0.788. The number of amides is 1. The number of halogens is 2. The molecule has 7 heteroatoms. The zero-order valence-electron chi connectivity index (χ0n) is 12.6. The molecule has 0 aliphatic rings. The van der Waals surface area contributed by atoms with E-state index in [1.54, 1.807) is 30.3 Å². The molecule has 1 N–H and O–H groups in total. The van der Waals surface area contributed by atoms with E-state index < -0.39 is 0 Å². The summed E-state index contributed by atoms with van der Waals surface area (Å²) in [6, 6.07) is 9.43. The number of benzene rings is 2. The van der Waals surface area contributed by atoms with Crippen LogP contribution < -0.4 is 14.8 Å². The minimum Gasteiger partial charge on any atom is -0.495 e. The highest BCUT2D eigenvalue weighted by Crippen LogP contribution is 2.36. The van der Waals surface area contributed by atoms with Crippen LogP contribution >= 0.6 is 23.4 Å². The number of rotatable bonds is 6. The Bertz CT molecular complexity index is 712. The van der Waals surface area contributed by atoms with Gasteiger partial charge in [0.2, 0.25) is 5.91 Å². The van der Waals surface area contributed by atoms with Crippen LogP contribution in [0.1, 0.15) is 0 Å². The standard InChI is InChI=1S/C16H15ClFNO3S/c1-21-13-8-12(14(22-2)7-10(13)17)19-16(20)9-23-15-6-4-3-5-11(15)18/h3-8H,9H2,1-2H3,(H,19,20). The van der Waals surface area contributed by atoms with Gasteiger partial charge >= 0.3 is 0 Å². The van der Waals surface area contributed by atoms with Gasteiger partial charge in [-0.15, -0.1) is 11.8 Å². The number of ether oxygens (including phenoxy) is 2. The van der Waals surface area contributed by atoms with Crippen LogP contribution in [0, 0.1) is 5.82 Å². The number of thioether (sulfide) groups is 1. The molecule has 0 aliphatic heterocycles. The Hall–Kier alpha value is -1.92. The Morgan fingerprint density at radius 2 is 1.91 bits per heavy atom. The molecule has 0 fully saturated rings. The molecular formula is C16H15ClFNO3S. The molecule has 23 heavy (non-hydrogen) atoms. The van der Waals surface area contributed by atoms with Crippen LogP contribution in [0.25, 0.3) is 0 Å². The molecule has 0 heterocycles. The number of hydrogen-bond acceptors (Lipinski definition) is 4. The molecule has 0 radical (unpaired) electrons. The molecule has 0 unspecified atom stereocenters. The van der Waals surface area contributed by atoms with E-state index in [1.807, 2.05) is 0 Å². The summed E-state index contributed by atoms with van der Waals surface area (Å²) < 4.78 is 23.8. The van der Waals surface area contributed by atoms with Crippen LogP contribution in [0.4, 0.5) is 10.1 Å². The van der Waals surface area contributed by atoms with E-state index in [-0.39, 0.29) is 17.5 Å². The summed E-state index contributed by atoms with van der Waals surface area (Å²) in [4.78, 5) is 12.5. The molecule has 0 bridgehead atoms. The van der Waals surface area contributed by atoms with E-state index >= 15 is 0 Å². The molecule has 2 aromatic rings. The fraction of sp³-hybridized carbons (Fsp3) is 0.188. The number of carbonyl (C=O) groups is 1. The zero-order chi connectivity index (χ0) is 16.8. The minimum atomic E-state index is -0.351. The molecule has 0 aliphatic carbocycles. The monoisotopic (exact) mass is 355 g/mol. The first-order valence-electron chi connectivity index (χ1n) is 6.64. The second-order valence-electron chi connectivity index (χ2n) is 4.45. The SMILES string of the molecule is COc1cc(NC(=O)CSc2ccccc2F)c(OC)cc1Cl. The molecule has 1 amide bonds. The normalized spacial score (nSPS) is 10.3. The Morgan fingerprint density at radius 1 is 1.22 bits per heavy atom. The number of methoxy groups -OCH3 is 2. The number of anilines is 1. The van der Waals surface area contributed by atoms with Crippen molar-refractivity contribution < 1.29 is 18.7 Å². The highest BCUT2D eigenvalue weighted by molar-refractivity contribution is 8.00. The minimum absolute atomic E-state index is 0.0645. The lowest BCUT2D eigenvalue weighted by molar-refractivity contribution is -0.113. The summed E-state index contributed by atoms with van der Waals surface area (Å²) in [7, 11) is 2.95. The Labute approximate surface area is 142 Å². The van der Waals surface area contributed by atoms with Crippen molar-refractivity contribution in [1.29, 1.82) is 0 Å². The van der Waals surface area contributed by atoms with Crippen LogP contribution in [0.2, 0.25) is 5.02 Å². The van der Waals surface area contributed by atoms with E-state index in [9.17, 15) is 9.18 Å². The van der Waals surface area contributed by atoms with E-state index in [4.69, 9.17) is 21.1 Å². The molecule has 2 rings (SSSR count). The fourth-order valence-corrected chi connectivity index (χ4v) is 2.82. The van der Waals surface area contributed by atoms with Crippen molar-refractivity contribution in [3.63, 3.8) is 0 Å². The van der Waals surface area contributed by atoms with Gasteiger partial charge in [0.05, 0.1) is 30.7 Å². The number of carbonyl (C=O) groups excluding carboxylic acids is 1. The third-order valence-electron chi connectivity index (χ3n) is 2.94. The van der Waals surface area contributed by atoms with Gasteiger partial charge in [-0.1, -0.05) is 23.7 Å². The van der Waals surface area contributed by atoms with E-state index in [0.29, 0.717) is 27.1 Å². The Balaban J connectivity index is 2.06. The van der Waals surface area contributed by atoms with Crippen molar-refractivity contribution in [2.75, 3.05) is 25.3 Å². The van der Waals surface area contributed by atoms with Crippen LogP contribution in [-0.2, 0) is 4.79 Å². The van der Waals surface area contributed by atoms with Crippen molar-refractivity contribution in [3.05, 3.63) is 47.2 Å². The zero-order valence-corrected chi connectivity index (χ0v) is 14.1. The smallest absolute Gasteiger partial charge is 0.234 e. The van der Waals surface area contributed by atoms with Crippen molar-refractivity contribution >= 4 is 35.0 Å². The van der Waals surface area contributed by atoms with E-state index in [2.05, 4.69) is 5.32 Å². The van der Waals surface area contributed by atoms with Gasteiger partial charge in [0.25, 0.3) is 0 Å². The predicted molar refractivity (Wildman–Crippen MR) is 90.3 cm³/mol. The average Bonchev–Trinajstić information content (AvgIpc) is 2.55. The van der Waals surface area contributed by atoms with Crippen molar-refractivity contribution in [2.24, 2.45) is 0 Å². The first-order chi connectivity index (χ1) is 11.0. The first kappa shape index (κ1) is 17.4. The second kappa shape index (κ2) is 8.08. The Morgan fingerprint density at radius 3 is 2.57 bits per heavy atom. The molecule has 0 aromatic heterocycles. The highest BCUT2D eigenvalue weighted by atomic mass is 35.5. The summed E-state index contributed by atoms with van der Waals surface area (Å²) >= 11 is 7.13. The molecular weight excluding hydrogens is 341 g/mol. The topological polar surface area (TPSA) is 47.6 Å². The van der Waals surface area contributed by atoms with Gasteiger partial charge in [-0.25, -0.2) is 4.39 Å². The largest absolute Gasteiger partial charge is 0.495 e. The molecule has 0 spiro atoms. The maximum absolute atomic E-state index is 13.5. The maximum atomic E-state index is 13.5. The van der Waals surface area contributed by atoms with E-state index in [0.717, 1.165) is 11.8 Å². The predicted octanol–water partition coefficient (Wildman–Crippen LogP) is 4.23. The maximum Gasteiger partial charge on any atom is 0.234 e. The van der Waals surface area contributed by atoms with Crippen LogP contribution in [-0.4, -0.2) is 25.9 Å². The summed E-state index contributed by atoms with van der Waals surface area (Å²) in [5.41, 5.74) is 0.438. The lowest BCUT2D eigenvalue weighted by atomic mass is 10.2. The van der Waals surface area contributed by atoms with Crippen molar-refractivity contribution in [3.8, 4) is 11.5 Å². The van der Waals surface area contributed by atoms with Gasteiger partial charge in [-0.3, -0.25) is 4.79 Å². The lowest BCUT2D eigenvalue weighted by Crippen LogP contribution is -2.15. The van der Waals surface area contributed by atoms with Gasteiger partial charge in [0.1, 0.15) is 17.3 Å². The number of hydrogen-bond donors (Lipinski definition) is 1. The van der Waals surface area contributed by atoms with Gasteiger partial charge in [-0.05, 0) is 12.1 Å². The molecule has 2 aromatic carbocycles. The summed E-state index contributed by atoms with van der Waals surface area (Å²) in [6.07, 6.45) is 0. The third kappa shape index (κ3) is 4.53. The first-order valence-corrected chi connectivity index (χ1v) is 8.00. The molecule has 4 nitrogen and oxygen atoms in total. The molecule has 0 saturated heterocycles. The molecule has 122 valence electrons. The summed E-state index contributed by atoms with van der Waals surface area (Å²) in [5, 5.41) is 3.09. The van der Waals surface area contributed by atoms with Gasteiger partial charge < -0.3 is 14.8 Å². The van der Waals surface area contributed by atoms with E-state index in [1.165, 1.54) is 20.3 Å². The van der Waals surface area contributed by atoms with Crippen LogP contribution in [0.3, 0.4) is 0 Å². The summed E-state index contributed by atoms with van der Waals surface area (Å²) in [6.45, 7) is 0. The van der Waals surface area contributed by atoms with Gasteiger partial charge in [0.15, 0.2) is 0 Å². The van der Waals surface area contributed by atoms with Crippen LogP contribution in [0.5, 0.6) is 11.5 Å². The summed E-state index contributed by atoms with van der Waals surface area (Å²) in [5.74, 6) is 0.260. The van der Waals surface area contributed by atoms with Gasteiger partial charge in [-0.2, -0.15) is 0 Å².